The Morgan fingerprint density at radius 3 is 2.92 bits per heavy atom. The van der Waals surface area contributed by atoms with Crippen LogP contribution in [0.15, 0.2) is 24.4 Å². The zero-order chi connectivity index (χ0) is 8.97. The molecule has 0 spiro atoms. The van der Waals surface area contributed by atoms with Gasteiger partial charge in [0.25, 0.3) is 0 Å². The first-order valence-electron chi connectivity index (χ1n) is 3.50. The van der Waals surface area contributed by atoms with Gasteiger partial charge in [-0.05, 0) is 23.7 Å². The number of hydrogen-bond donors (Lipinski definition) is 0. The summed E-state index contributed by atoms with van der Waals surface area (Å²) in [4.78, 5) is 16.1. The lowest BCUT2D eigenvalue weighted by molar-refractivity contribution is 0.230. The van der Waals surface area contributed by atoms with Gasteiger partial charge in [0.1, 0.15) is 0 Å². The number of pyridine rings is 1. The molecular formula is C8H9ClN2O. The van der Waals surface area contributed by atoms with E-state index >= 15 is 0 Å². The van der Waals surface area contributed by atoms with Crippen molar-refractivity contribution in [3.63, 3.8) is 0 Å². The van der Waals surface area contributed by atoms with E-state index in [4.69, 9.17) is 11.6 Å². The largest absolute Gasteiger partial charge is 0.326 e. The molecule has 0 aliphatic heterocycles. The van der Waals surface area contributed by atoms with Gasteiger partial charge in [0, 0.05) is 13.2 Å². The molecule has 1 aromatic heterocycles. The summed E-state index contributed by atoms with van der Waals surface area (Å²) in [5.74, 6) is 0. The lowest BCUT2D eigenvalue weighted by Gasteiger charge is -2.11. The normalized spacial score (nSPS) is 9.50. The summed E-state index contributed by atoms with van der Waals surface area (Å²) in [5.41, 5.74) is 0.828. The van der Waals surface area contributed by atoms with E-state index in [1.54, 1.807) is 13.2 Å². The number of nitrogens with zero attached hydrogens (tertiary/aromatic N) is 2. The zero-order valence-electron chi connectivity index (χ0n) is 6.70. The molecule has 0 bridgehead atoms. The van der Waals surface area contributed by atoms with Gasteiger partial charge in [-0.2, -0.15) is 0 Å². The van der Waals surface area contributed by atoms with Gasteiger partial charge in [-0.25, -0.2) is 0 Å². The van der Waals surface area contributed by atoms with E-state index < -0.39 is 5.37 Å². The Labute approximate surface area is 76.0 Å². The highest BCUT2D eigenvalue weighted by molar-refractivity contribution is 6.62. The van der Waals surface area contributed by atoms with E-state index in [0.717, 1.165) is 5.69 Å². The summed E-state index contributed by atoms with van der Waals surface area (Å²) in [6.07, 6.45) is 1.68. The molecular weight excluding hydrogens is 176 g/mol. The van der Waals surface area contributed by atoms with Gasteiger partial charge in [0.15, 0.2) is 0 Å². The first-order valence-corrected chi connectivity index (χ1v) is 3.88. The predicted octanol–water partition coefficient (Wildman–Crippen LogP) is 1.87. The minimum atomic E-state index is -0.472. The van der Waals surface area contributed by atoms with Crippen molar-refractivity contribution >= 4 is 17.0 Å². The Bertz CT molecular complexity index is 263. The van der Waals surface area contributed by atoms with E-state index in [0.29, 0.717) is 6.54 Å². The van der Waals surface area contributed by atoms with Gasteiger partial charge in [0.05, 0.1) is 12.2 Å². The highest BCUT2D eigenvalue weighted by Gasteiger charge is 2.04. The van der Waals surface area contributed by atoms with Crippen LogP contribution in [0.3, 0.4) is 0 Å². The zero-order valence-corrected chi connectivity index (χ0v) is 7.45. The Hall–Kier alpha value is -1.09. The minimum absolute atomic E-state index is 0.448. The predicted molar refractivity (Wildman–Crippen MR) is 47.0 cm³/mol. The van der Waals surface area contributed by atoms with Crippen molar-refractivity contribution in [1.29, 1.82) is 0 Å². The van der Waals surface area contributed by atoms with Gasteiger partial charge >= 0.3 is 5.37 Å². The lowest BCUT2D eigenvalue weighted by Crippen LogP contribution is -2.20. The molecule has 0 atom stereocenters. The Morgan fingerprint density at radius 1 is 1.67 bits per heavy atom. The highest BCUT2D eigenvalue weighted by Crippen LogP contribution is 2.00. The number of carbonyl (C=O) groups is 1. The maximum absolute atomic E-state index is 10.6. The number of rotatable bonds is 2. The summed E-state index contributed by atoms with van der Waals surface area (Å²) in [5, 5.41) is -0.472. The second kappa shape index (κ2) is 4.07. The maximum Gasteiger partial charge on any atom is 0.316 e. The fraction of sp³-hybridized carbons (Fsp3) is 0.250. The van der Waals surface area contributed by atoms with Crippen molar-refractivity contribution < 1.29 is 4.79 Å². The average Bonchev–Trinajstić information content (AvgIpc) is 2.06. The van der Waals surface area contributed by atoms with E-state index in [9.17, 15) is 4.79 Å². The second-order valence-electron chi connectivity index (χ2n) is 2.43. The topological polar surface area (TPSA) is 33.2 Å². The third kappa shape index (κ3) is 2.51. The summed E-state index contributed by atoms with van der Waals surface area (Å²) in [6, 6.07) is 5.54. The number of aromatic nitrogens is 1. The van der Waals surface area contributed by atoms with Crippen LogP contribution in [0.25, 0.3) is 0 Å². The molecule has 0 unspecified atom stereocenters. The number of amides is 1. The fourth-order valence-corrected chi connectivity index (χ4v) is 0.857. The number of hydrogen-bond acceptors (Lipinski definition) is 2. The molecule has 0 fully saturated rings. The molecule has 0 aliphatic rings. The van der Waals surface area contributed by atoms with Crippen molar-refractivity contribution in [2.45, 2.75) is 6.54 Å². The molecule has 0 N–H and O–H groups in total. The fourth-order valence-electron chi connectivity index (χ4n) is 0.797. The first-order chi connectivity index (χ1) is 5.70. The smallest absolute Gasteiger partial charge is 0.316 e. The molecule has 1 rings (SSSR count). The van der Waals surface area contributed by atoms with Crippen LogP contribution in [-0.2, 0) is 6.54 Å². The second-order valence-corrected chi connectivity index (χ2v) is 2.75. The van der Waals surface area contributed by atoms with Crippen LogP contribution in [0.2, 0.25) is 0 Å². The van der Waals surface area contributed by atoms with Gasteiger partial charge in [-0.1, -0.05) is 6.07 Å². The van der Waals surface area contributed by atoms with Crippen LogP contribution in [0, 0.1) is 0 Å². The molecule has 1 heterocycles. The van der Waals surface area contributed by atoms with Gasteiger partial charge in [0.2, 0.25) is 0 Å². The standard InChI is InChI=1S/C8H9ClN2O/c1-11(8(9)12)6-7-4-2-3-5-10-7/h2-5H,6H2,1H3. The van der Waals surface area contributed by atoms with Crippen molar-refractivity contribution in [2.75, 3.05) is 7.05 Å². The molecule has 1 amide bonds. The van der Waals surface area contributed by atoms with E-state index in [1.165, 1.54) is 4.90 Å². The number of carbonyl (C=O) groups excluding carboxylic acids is 1. The quantitative estimate of drug-likeness (QED) is 0.519. The van der Waals surface area contributed by atoms with Crippen LogP contribution in [0.1, 0.15) is 5.69 Å². The van der Waals surface area contributed by atoms with Crippen molar-refractivity contribution in [2.24, 2.45) is 0 Å². The molecule has 64 valence electrons. The molecule has 4 heteroatoms. The Morgan fingerprint density at radius 2 is 2.42 bits per heavy atom. The summed E-state index contributed by atoms with van der Waals surface area (Å²) >= 11 is 5.24. The Kier molecular flexibility index (Phi) is 3.05. The molecule has 0 aliphatic carbocycles. The van der Waals surface area contributed by atoms with Crippen LogP contribution in [-0.4, -0.2) is 22.3 Å². The SMILES string of the molecule is CN(Cc1ccccn1)C(=O)Cl. The average molecular weight is 185 g/mol. The van der Waals surface area contributed by atoms with E-state index in [-0.39, 0.29) is 0 Å². The Balaban J connectivity index is 2.58. The van der Waals surface area contributed by atoms with Gasteiger partial charge < -0.3 is 4.90 Å². The lowest BCUT2D eigenvalue weighted by atomic mass is 10.3. The van der Waals surface area contributed by atoms with Crippen molar-refractivity contribution in [3.05, 3.63) is 30.1 Å². The monoisotopic (exact) mass is 184 g/mol. The van der Waals surface area contributed by atoms with Crippen LogP contribution >= 0.6 is 11.6 Å². The van der Waals surface area contributed by atoms with Crippen LogP contribution in [0.5, 0.6) is 0 Å². The highest BCUT2D eigenvalue weighted by atomic mass is 35.5. The molecule has 0 saturated carbocycles. The molecule has 0 aromatic carbocycles. The van der Waals surface area contributed by atoms with Crippen molar-refractivity contribution in [3.8, 4) is 0 Å². The van der Waals surface area contributed by atoms with Crippen LogP contribution < -0.4 is 0 Å². The molecule has 1 aromatic rings. The summed E-state index contributed by atoms with van der Waals surface area (Å²) in [6.45, 7) is 0.448. The van der Waals surface area contributed by atoms with E-state index in [1.807, 2.05) is 18.2 Å². The maximum atomic E-state index is 10.6. The van der Waals surface area contributed by atoms with Gasteiger partial charge in [-0.15, -0.1) is 0 Å². The van der Waals surface area contributed by atoms with Crippen molar-refractivity contribution in [1.82, 2.24) is 9.88 Å². The molecule has 0 saturated heterocycles. The summed E-state index contributed by atoms with van der Waals surface area (Å²) in [7, 11) is 1.63. The van der Waals surface area contributed by atoms with Crippen LogP contribution in [0.4, 0.5) is 4.79 Å². The third-order valence-electron chi connectivity index (χ3n) is 1.43. The first kappa shape index (κ1) is 9.00. The minimum Gasteiger partial charge on any atom is -0.326 e. The summed E-state index contributed by atoms with van der Waals surface area (Å²) < 4.78 is 0. The molecule has 0 radical (unpaired) electrons. The van der Waals surface area contributed by atoms with Gasteiger partial charge in [-0.3, -0.25) is 9.78 Å². The van der Waals surface area contributed by atoms with E-state index in [2.05, 4.69) is 4.98 Å². The molecule has 3 nitrogen and oxygen atoms in total. The molecule has 12 heavy (non-hydrogen) atoms. The third-order valence-corrected chi connectivity index (χ3v) is 1.71. The number of halogens is 1.